The molecule has 0 aliphatic carbocycles. The summed E-state index contributed by atoms with van der Waals surface area (Å²) in [6, 6.07) is 6.18. The summed E-state index contributed by atoms with van der Waals surface area (Å²) in [5.41, 5.74) is 4.85. The molecule has 1 aromatic heterocycles. The Bertz CT molecular complexity index is 830. The van der Waals surface area contributed by atoms with Crippen molar-refractivity contribution >= 4 is 52.4 Å². The van der Waals surface area contributed by atoms with Crippen molar-refractivity contribution in [3.8, 4) is 0 Å². The van der Waals surface area contributed by atoms with E-state index in [9.17, 15) is 14.4 Å². The van der Waals surface area contributed by atoms with Crippen LogP contribution in [0.1, 0.15) is 46.7 Å². The number of carbonyl (C=O) groups is 3. The van der Waals surface area contributed by atoms with Gasteiger partial charge < -0.3 is 15.5 Å². The Balaban J connectivity index is 0.000000406. The number of Topliss-reactive ketones (excluding diaryl/α,β-unsaturated/α-hetero) is 1. The van der Waals surface area contributed by atoms with E-state index in [-0.39, 0.29) is 17.4 Å². The molecular formula is C19H21Cl3N2O4. The lowest BCUT2D eigenvalue weighted by Crippen LogP contribution is -2.52. The van der Waals surface area contributed by atoms with Crippen LogP contribution in [0.25, 0.3) is 0 Å². The Kier molecular flexibility index (Phi) is 9.01. The van der Waals surface area contributed by atoms with Crippen molar-refractivity contribution in [1.29, 1.82) is 0 Å². The predicted molar refractivity (Wildman–Crippen MR) is 110 cm³/mol. The Morgan fingerprint density at radius 3 is 2.14 bits per heavy atom. The van der Waals surface area contributed by atoms with E-state index in [4.69, 9.17) is 40.5 Å². The quantitative estimate of drug-likeness (QED) is 0.641. The van der Waals surface area contributed by atoms with Crippen LogP contribution in [0.5, 0.6) is 0 Å². The predicted octanol–water partition coefficient (Wildman–Crippen LogP) is 4.39. The smallest absolute Gasteiger partial charge is 0.284 e. The van der Waals surface area contributed by atoms with E-state index in [1.807, 2.05) is 0 Å². The average molecular weight is 448 g/mol. The van der Waals surface area contributed by atoms with Crippen molar-refractivity contribution < 1.29 is 18.8 Å². The average Bonchev–Trinajstić information content (AvgIpc) is 3.20. The highest BCUT2D eigenvalue weighted by molar-refractivity contribution is 6.36. The second kappa shape index (κ2) is 10.5. The molecule has 0 saturated heterocycles. The molecule has 2 aromatic rings. The third kappa shape index (κ3) is 6.26. The lowest BCUT2D eigenvalue weighted by Gasteiger charge is -2.27. The molecule has 2 rings (SSSR count). The van der Waals surface area contributed by atoms with Gasteiger partial charge in [0.15, 0.2) is 11.5 Å². The molecule has 0 spiro atoms. The summed E-state index contributed by atoms with van der Waals surface area (Å²) < 4.78 is 4.62. The van der Waals surface area contributed by atoms with Crippen molar-refractivity contribution in [1.82, 2.24) is 5.32 Å². The zero-order valence-corrected chi connectivity index (χ0v) is 17.9. The summed E-state index contributed by atoms with van der Waals surface area (Å²) in [6.07, 6.45) is 1.84. The van der Waals surface area contributed by atoms with E-state index in [1.54, 1.807) is 26.8 Å². The molecule has 0 fully saturated rings. The van der Waals surface area contributed by atoms with E-state index in [0.29, 0.717) is 27.6 Å². The van der Waals surface area contributed by atoms with Crippen LogP contribution in [0.15, 0.2) is 34.9 Å². The van der Waals surface area contributed by atoms with E-state index < -0.39 is 17.4 Å². The number of carbonyl (C=O) groups excluding carboxylic acids is 3. The molecule has 1 heterocycles. The molecular weight excluding hydrogens is 427 g/mol. The van der Waals surface area contributed by atoms with Gasteiger partial charge in [-0.1, -0.05) is 30.1 Å². The number of alkyl halides is 1. The molecule has 1 unspecified atom stereocenters. The zero-order chi connectivity index (χ0) is 21.5. The van der Waals surface area contributed by atoms with Crippen molar-refractivity contribution in [3.63, 3.8) is 0 Å². The molecule has 152 valence electrons. The number of nitrogens with one attached hydrogen (secondary N) is 1. The third-order valence-electron chi connectivity index (χ3n) is 4.14. The van der Waals surface area contributed by atoms with Gasteiger partial charge in [0.1, 0.15) is 0 Å². The van der Waals surface area contributed by atoms with Gasteiger partial charge in [-0.25, -0.2) is 0 Å². The van der Waals surface area contributed by atoms with Gasteiger partial charge in [-0.3, -0.25) is 14.4 Å². The first kappa shape index (κ1) is 24.0. The number of benzene rings is 1. The number of hydrogen-bond acceptors (Lipinski definition) is 4. The van der Waals surface area contributed by atoms with E-state index in [2.05, 4.69) is 9.73 Å². The fourth-order valence-corrected chi connectivity index (χ4v) is 2.80. The summed E-state index contributed by atoms with van der Waals surface area (Å²) in [5.74, 6) is -1.13. The summed E-state index contributed by atoms with van der Waals surface area (Å²) in [6.45, 7) is 5.21. The highest BCUT2D eigenvalue weighted by Gasteiger charge is 2.32. The summed E-state index contributed by atoms with van der Waals surface area (Å²) in [7, 11) is 0. The lowest BCUT2D eigenvalue weighted by molar-refractivity contribution is -0.122. The normalized spacial score (nSPS) is 12.4. The topological polar surface area (TPSA) is 102 Å². The molecule has 28 heavy (non-hydrogen) atoms. The van der Waals surface area contributed by atoms with E-state index in [0.717, 1.165) is 0 Å². The SMILES string of the molecule is CCC(C)(NC(=O)c1cc(Cl)c(C)c(Cl)c1)C(=O)CCl.NC(=O)c1ccco1. The van der Waals surface area contributed by atoms with Gasteiger partial charge in [0.25, 0.3) is 11.8 Å². The van der Waals surface area contributed by atoms with Gasteiger partial charge >= 0.3 is 0 Å². The maximum Gasteiger partial charge on any atom is 0.284 e. The fraction of sp³-hybridized carbons (Fsp3) is 0.316. The van der Waals surface area contributed by atoms with Crippen LogP contribution in [0.2, 0.25) is 10.0 Å². The van der Waals surface area contributed by atoms with Crippen molar-refractivity contribution in [2.45, 2.75) is 32.7 Å². The van der Waals surface area contributed by atoms with Crippen molar-refractivity contribution in [2.75, 3.05) is 5.88 Å². The largest absolute Gasteiger partial charge is 0.459 e. The minimum atomic E-state index is -0.997. The van der Waals surface area contributed by atoms with Gasteiger partial charge in [0.2, 0.25) is 0 Å². The monoisotopic (exact) mass is 446 g/mol. The number of nitrogens with two attached hydrogens (primary N) is 1. The minimum Gasteiger partial charge on any atom is -0.459 e. The second-order valence-electron chi connectivity index (χ2n) is 6.10. The van der Waals surface area contributed by atoms with Crippen molar-refractivity contribution in [2.24, 2.45) is 5.73 Å². The number of halogens is 3. The molecule has 2 amide bonds. The second-order valence-corrected chi connectivity index (χ2v) is 7.18. The molecule has 0 saturated carbocycles. The van der Waals surface area contributed by atoms with Gasteiger partial charge in [-0.2, -0.15) is 0 Å². The first-order valence-corrected chi connectivity index (χ1v) is 9.55. The maximum atomic E-state index is 12.2. The van der Waals surface area contributed by atoms with Gasteiger partial charge in [0, 0.05) is 15.6 Å². The first-order valence-electron chi connectivity index (χ1n) is 8.26. The maximum absolute atomic E-state index is 12.2. The van der Waals surface area contributed by atoms with Crippen LogP contribution in [-0.4, -0.2) is 29.0 Å². The Hall–Kier alpha value is -2.02. The summed E-state index contributed by atoms with van der Waals surface area (Å²) in [5, 5.41) is 3.51. The van der Waals surface area contributed by atoms with Crippen LogP contribution in [-0.2, 0) is 4.79 Å². The Morgan fingerprint density at radius 2 is 1.79 bits per heavy atom. The molecule has 6 nitrogen and oxygen atoms in total. The van der Waals surface area contributed by atoms with Crippen LogP contribution < -0.4 is 11.1 Å². The van der Waals surface area contributed by atoms with Crippen LogP contribution >= 0.6 is 34.8 Å². The Morgan fingerprint density at radius 1 is 1.21 bits per heavy atom. The number of ketones is 1. The number of furan rings is 1. The minimum absolute atomic E-state index is 0.153. The summed E-state index contributed by atoms with van der Waals surface area (Å²) in [4.78, 5) is 34.2. The fourth-order valence-electron chi connectivity index (χ4n) is 2.02. The molecule has 0 radical (unpaired) electrons. The van der Waals surface area contributed by atoms with E-state index >= 15 is 0 Å². The lowest BCUT2D eigenvalue weighted by atomic mass is 9.93. The number of primary amides is 1. The first-order chi connectivity index (χ1) is 13.1. The molecule has 3 N–H and O–H groups in total. The number of rotatable bonds is 6. The van der Waals surface area contributed by atoms with Crippen molar-refractivity contribution in [3.05, 3.63) is 57.5 Å². The standard InChI is InChI=1S/C14H16Cl3NO2.C5H5NO2/c1-4-14(3,12(19)7-15)18-13(20)9-5-10(16)8(2)11(17)6-9;6-5(7)4-2-1-3-8-4/h5-6H,4,7H2,1-3H3,(H,18,20);1-3H,(H2,6,7). The number of hydrogen-bond donors (Lipinski definition) is 2. The molecule has 1 atom stereocenters. The van der Waals surface area contributed by atoms with Gasteiger partial charge in [-0.05, 0) is 50.1 Å². The Labute approximate surface area is 178 Å². The zero-order valence-electron chi connectivity index (χ0n) is 15.6. The van der Waals surface area contributed by atoms with Crippen LogP contribution in [0.3, 0.4) is 0 Å². The highest BCUT2D eigenvalue weighted by Crippen LogP contribution is 2.26. The summed E-state index contributed by atoms with van der Waals surface area (Å²) >= 11 is 17.6. The van der Waals surface area contributed by atoms with Gasteiger partial charge in [0.05, 0.1) is 17.7 Å². The van der Waals surface area contributed by atoms with Crippen LogP contribution in [0.4, 0.5) is 0 Å². The van der Waals surface area contributed by atoms with Crippen LogP contribution in [0, 0.1) is 6.92 Å². The molecule has 0 bridgehead atoms. The molecule has 9 heteroatoms. The molecule has 1 aromatic carbocycles. The number of amides is 2. The van der Waals surface area contributed by atoms with E-state index in [1.165, 1.54) is 24.5 Å². The molecule has 0 aliphatic heterocycles. The van der Waals surface area contributed by atoms with Gasteiger partial charge in [-0.15, -0.1) is 11.6 Å². The molecule has 0 aliphatic rings. The third-order valence-corrected chi connectivity index (χ3v) is 5.17. The highest BCUT2D eigenvalue weighted by atomic mass is 35.5.